The van der Waals surface area contributed by atoms with E-state index >= 15 is 0 Å². The van der Waals surface area contributed by atoms with Crippen LogP contribution in [0.5, 0.6) is 0 Å². The zero-order valence-corrected chi connectivity index (χ0v) is 12.5. The molecule has 0 bridgehead atoms. The fraction of sp³-hybridized carbons (Fsp3) is 0.600. The van der Waals surface area contributed by atoms with Gasteiger partial charge in [-0.1, -0.05) is 6.92 Å². The zero-order valence-electron chi connectivity index (χ0n) is 12.5. The summed E-state index contributed by atoms with van der Waals surface area (Å²) in [6, 6.07) is 1.74. The van der Waals surface area contributed by atoms with E-state index in [1.54, 1.807) is 0 Å². The fourth-order valence-electron chi connectivity index (χ4n) is 2.76. The molecule has 1 aliphatic rings. The maximum absolute atomic E-state index is 12.8. The topological polar surface area (TPSA) is 29.3 Å². The van der Waals surface area contributed by atoms with Gasteiger partial charge in [-0.15, -0.1) is 0 Å². The highest BCUT2D eigenvalue weighted by atomic mass is 19.4. The number of likely N-dealkylation sites (tertiary alicyclic amines) is 1. The highest BCUT2D eigenvalue weighted by Gasteiger charge is 2.37. The first-order valence-electron chi connectivity index (χ1n) is 7.23. The maximum atomic E-state index is 12.8. The Kier molecular flexibility index (Phi) is 4.96. The fourth-order valence-corrected chi connectivity index (χ4v) is 2.76. The molecule has 1 heterocycles. The Labute approximate surface area is 130 Å². The van der Waals surface area contributed by atoms with E-state index in [0.717, 1.165) is 12.1 Å². The van der Waals surface area contributed by atoms with Gasteiger partial charge < -0.3 is 5.73 Å². The monoisotopic (exact) mass is 340 g/mol. The number of halogens is 6. The predicted octanol–water partition coefficient (Wildman–Crippen LogP) is 3.89. The molecule has 0 radical (unpaired) electrons. The zero-order chi connectivity index (χ0) is 17.4. The third-order valence-corrected chi connectivity index (χ3v) is 4.11. The Morgan fingerprint density at radius 1 is 1.04 bits per heavy atom. The normalized spacial score (nSPS) is 24.0. The third-order valence-electron chi connectivity index (χ3n) is 4.11. The van der Waals surface area contributed by atoms with Gasteiger partial charge in [0, 0.05) is 19.1 Å². The summed E-state index contributed by atoms with van der Waals surface area (Å²) >= 11 is 0. The van der Waals surface area contributed by atoms with Gasteiger partial charge in [-0.3, -0.25) is 4.90 Å². The minimum atomic E-state index is -4.81. The lowest BCUT2D eigenvalue weighted by molar-refractivity contribution is -0.143. The molecule has 0 aliphatic carbocycles. The molecule has 1 aromatic carbocycles. The van der Waals surface area contributed by atoms with E-state index in [9.17, 15) is 26.3 Å². The Morgan fingerprint density at radius 2 is 1.57 bits per heavy atom. The van der Waals surface area contributed by atoms with Crippen molar-refractivity contribution < 1.29 is 26.3 Å². The van der Waals surface area contributed by atoms with E-state index < -0.39 is 23.5 Å². The van der Waals surface area contributed by atoms with Gasteiger partial charge in [-0.05, 0) is 42.6 Å². The molecule has 2 rings (SSSR count). The Bertz CT molecular complexity index is 520. The summed E-state index contributed by atoms with van der Waals surface area (Å²) in [6.45, 7) is 3.08. The van der Waals surface area contributed by atoms with Gasteiger partial charge in [-0.2, -0.15) is 26.3 Å². The lowest BCUT2D eigenvalue weighted by Crippen LogP contribution is -2.45. The molecule has 0 spiro atoms. The van der Waals surface area contributed by atoms with Crippen molar-refractivity contribution in [3.63, 3.8) is 0 Å². The quantitative estimate of drug-likeness (QED) is 0.828. The first-order chi connectivity index (χ1) is 10.5. The molecular weight excluding hydrogens is 322 g/mol. The molecule has 1 aliphatic heterocycles. The summed E-state index contributed by atoms with van der Waals surface area (Å²) in [5, 5.41) is 0. The molecule has 0 saturated carbocycles. The minimum Gasteiger partial charge on any atom is -0.327 e. The van der Waals surface area contributed by atoms with Crippen LogP contribution in [0.1, 0.15) is 30.0 Å². The van der Waals surface area contributed by atoms with E-state index in [0.29, 0.717) is 19.5 Å². The summed E-state index contributed by atoms with van der Waals surface area (Å²) in [6.07, 6.45) is -8.95. The van der Waals surface area contributed by atoms with Crippen molar-refractivity contribution in [3.8, 4) is 0 Å². The van der Waals surface area contributed by atoms with Gasteiger partial charge in [0.2, 0.25) is 0 Å². The molecule has 2 unspecified atom stereocenters. The Hall–Kier alpha value is -1.28. The Morgan fingerprint density at radius 3 is 2.00 bits per heavy atom. The summed E-state index contributed by atoms with van der Waals surface area (Å²) in [7, 11) is 0. The second kappa shape index (κ2) is 6.32. The second-order valence-corrected chi connectivity index (χ2v) is 6.08. The first kappa shape index (κ1) is 18.1. The van der Waals surface area contributed by atoms with Gasteiger partial charge in [0.25, 0.3) is 0 Å². The third kappa shape index (κ3) is 4.60. The number of benzene rings is 1. The average molecular weight is 340 g/mol. The van der Waals surface area contributed by atoms with Gasteiger partial charge in [0.15, 0.2) is 0 Å². The van der Waals surface area contributed by atoms with Crippen LogP contribution >= 0.6 is 0 Å². The number of nitrogens with zero attached hydrogens (tertiary/aromatic N) is 1. The van der Waals surface area contributed by atoms with Crippen LogP contribution in [-0.4, -0.2) is 24.0 Å². The smallest absolute Gasteiger partial charge is 0.327 e. The number of hydrogen-bond donors (Lipinski definition) is 1. The molecule has 23 heavy (non-hydrogen) atoms. The molecule has 1 aromatic rings. The van der Waals surface area contributed by atoms with Crippen molar-refractivity contribution in [2.75, 3.05) is 13.1 Å². The molecular formula is C15H18F6N2. The molecule has 0 amide bonds. The van der Waals surface area contributed by atoms with Crippen LogP contribution in [0.2, 0.25) is 0 Å². The first-order valence-corrected chi connectivity index (χ1v) is 7.23. The van der Waals surface area contributed by atoms with Crippen molar-refractivity contribution in [3.05, 3.63) is 34.9 Å². The minimum absolute atomic E-state index is 0.00909. The number of nitrogens with two attached hydrogens (primary N) is 1. The molecule has 2 atom stereocenters. The van der Waals surface area contributed by atoms with E-state index in [2.05, 4.69) is 0 Å². The lowest BCUT2D eigenvalue weighted by atomic mass is 9.94. The number of rotatable bonds is 2. The molecule has 2 N–H and O–H groups in total. The number of alkyl halides is 6. The van der Waals surface area contributed by atoms with E-state index in [1.165, 1.54) is 0 Å². The maximum Gasteiger partial charge on any atom is 0.416 e. The molecule has 0 aromatic heterocycles. The van der Waals surface area contributed by atoms with Crippen molar-refractivity contribution in [2.45, 2.75) is 38.3 Å². The predicted molar refractivity (Wildman–Crippen MR) is 73.5 cm³/mol. The van der Waals surface area contributed by atoms with Crippen molar-refractivity contribution in [1.29, 1.82) is 0 Å². The highest BCUT2D eigenvalue weighted by molar-refractivity contribution is 5.33. The van der Waals surface area contributed by atoms with E-state index in [1.807, 2.05) is 11.8 Å². The summed E-state index contributed by atoms with van der Waals surface area (Å²) < 4.78 is 77.0. The van der Waals surface area contributed by atoms with E-state index in [-0.39, 0.29) is 30.1 Å². The number of hydrogen-bond acceptors (Lipinski definition) is 2. The van der Waals surface area contributed by atoms with Gasteiger partial charge in [0.1, 0.15) is 0 Å². The highest BCUT2D eigenvalue weighted by Crippen LogP contribution is 2.36. The molecule has 8 heteroatoms. The van der Waals surface area contributed by atoms with Gasteiger partial charge in [-0.25, -0.2) is 0 Å². The van der Waals surface area contributed by atoms with Crippen LogP contribution in [0.15, 0.2) is 18.2 Å². The molecule has 2 nitrogen and oxygen atoms in total. The average Bonchev–Trinajstić information content (AvgIpc) is 2.41. The molecule has 1 fully saturated rings. The largest absolute Gasteiger partial charge is 0.416 e. The number of piperidine rings is 1. The van der Waals surface area contributed by atoms with Crippen molar-refractivity contribution in [2.24, 2.45) is 11.7 Å². The Balaban J connectivity index is 2.27. The van der Waals surface area contributed by atoms with Crippen LogP contribution in [-0.2, 0) is 18.9 Å². The summed E-state index contributed by atoms with van der Waals surface area (Å²) in [4.78, 5) is 1.84. The second-order valence-electron chi connectivity index (χ2n) is 6.08. The van der Waals surface area contributed by atoms with Crippen molar-refractivity contribution >= 4 is 0 Å². The molecule has 130 valence electrons. The summed E-state index contributed by atoms with van der Waals surface area (Å²) in [5.41, 5.74) is 3.33. The van der Waals surface area contributed by atoms with E-state index in [4.69, 9.17) is 5.73 Å². The lowest BCUT2D eigenvalue weighted by Gasteiger charge is -2.35. The van der Waals surface area contributed by atoms with Crippen molar-refractivity contribution in [1.82, 2.24) is 4.90 Å². The van der Waals surface area contributed by atoms with Crippen LogP contribution in [0.3, 0.4) is 0 Å². The SMILES string of the molecule is CC1CN(Cc2cc(C(F)(F)F)cc(C(F)(F)F)c2)CCC1N. The van der Waals surface area contributed by atoms with Crippen LogP contribution in [0.4, 0.5) is 26.3 Å². The standard InChI is InChI=1S/C15H18F6N2/c1-9-7-23(3-2-13(9)22)8-10-4-11(14(16,17)18)6-12(5-10)15(19,20)21/h4-6,9,13H,2-3,7-8,22H2,1H3. The van der Waals surface area contributed by atoms with Crippen LogP contribution in [0.25, 0.3) is 0 Å². The van der Waals surface area contributed by atoms with Crippen LogP contribution < -0.4 is 5.73 Å². The van der Waals surface area contributed by atoms with Gasteiger partial charge in [0.05, 0.1) is 11.1 Å². The van der Waals surface area contributed by atoms with Gasteiger partial charge >= 0.3 is 12.4 Å². The van der Waals surface area contributed by atoms with Crippen LogP contribution in [0, 0.1) is 5.92 Å². The molecule has 1 saturated heterocycles. The summed E-state index contributed by atoms with van der Waals surface area (Å²) in [5.74, 6) is 0.150.